The van der Waals surface area contributed by atoms with Crippen molar-refractivity contribution in [3.63, 3.8) is 0 Å². The first kappa shape index (κ1) is 13.0. The maximum absolute atomic E-state index is 11.6. The summed E-state index contributed by atoms with van der Waals surface area (Å²) in [4.78, 5) is 24.1. The van der Waals surface area contributed by atoms with E-state index in [2.05, 4.69) is 15.9 Å². The van der Waals surface area contributed by atoms with Crippen LogP contribution in [0.3, 0.4) is 0 Å². The molecule has 96 valence electrons. The highest BCUT2D eigenvalue weighted by atomic mass is 79.9. The van der Waals surface area contributed by atoms with Crippen LogP contribution in [0.25, 0.3) is 0 Å². The van der Waals surface area contributed by atoms with Gasteiger partial charge in [-0.25, -0.2) is 4.79 Å². The van der Waals surface area contributed by atoms with Gasteiger partial charge in [0.1, 0.15) is 6.61 Å². The Morgan fingerprint density at radius 2 is 2.28 bits per heavy atom. The summed E-state index contributed by atoms with van der Waals surface area (Å²) >= 11 is 3.33. The Labute approximate surface area is 112 Å². The topological polar surface area (TPSA) is 66.8 Å². The van der Waals surface area contributed by atoms with Gasteiger partial charge in [0.25, 0.3) is 0 Å². The molecule has 1 amide bonds. The van der Waals surface area contributed by atoms with Crippen LogP contribution in [0.5, 0.6) is 0 Å². The average molecular weight is 314 g/mol. The van der Waals surface area contributed by atoms with Crippen LogP contribution in [0.15, 0.2) is 22.7 Å². The molecular weight excluding hydrogens is 302 g/mol. The summed E-state index contributed by atoms with van der Waals surface area (Å²) in [5, 5.41) is 8.86. The molecule has 0 aromatic heterocycles. The molecule has 6 heteroatoms. The number of hydrogen-bond acceptors (Lipinski definition) is 3. The molecule has 1 aromatic carbocycles. The van der Waals surface area contributed by atoms with Crippen molar-refractivity contribution >= 4 is 27.8 Å². The van der Waals surface area contributed by atoms with E-state index in [0.29, 0.717) is 24.2 Å². The average Bonchev–Trinajstić information content (AvgIpc) is 2.34. The lowest BCUT2D eigenvalue weighted by molar-refractivity contribution is -0.143. The SMILES string of the molecule is O=C(O)c1ccc(CN2CCOCC2=O)c(Br)c1. The second-order valence-electron chi connectivity index (χ2n) is 3.98. The molecule has 1 aliphatic rings. The Morgan fingerprint density at radius 3 is 2.89 bits per heavy atom. The first-order chi connectivity index (χ1) is 8.58. The number of morpholine rings is 1. The number of carbonyl (C=O) groups is 2. The third-order valence-corrected chi connectivity index (χ3v) is 3.48. The summed E-state index contributed by atoms with van der Waals surface area (Å²) in [5.74, 6) is -1.01. The molecule has 5 nitrogen and oxygen atoms in total. The molecule has 0 bridgehead atoms. The van der Waals surface area contributed by atoms with Gasteiger partial charge in [-0.15, -0.1) is 0 Å². The number of nitrogens with zero attached hydrogens (tertiary/aromatic N) is 1. The molecule has 0 aliphatic carbocycles. The van der Waals surface area contributed by atoms with E-state index in [4.69, 9.17) is 9.84 Å². The second kappa shape index (κ2) is 5.49. The Kier molecular flexibility index (Phi) is 3.98. The predicted molar refractivity (Wildman–Crippen MR) is 67.3 cm³/mol. The van der Waals surface area contributed by atoms with E-state index in [1.807, 2.05) is 0 Å². The number of halogens is 1. The predicted octanol–water partition coefficient (Wildman–Crippen LogP) is 1.51. The van der Waals surface area contributed by atoms with Gasteiger partial charge in [0.15, 0.2) is 0 Å². The molecule has 1 N–H and O–H groups in total. The standard InChI is InChI=1S/C12H12BrNO4/c13-10-5-8(12(16)17)1-2-9(10)6-14-3-4-18-7-11(14)15/h1-2,5H,3-4,6-7H2,(H,16,17). The molecule has 0 radical (unpaired) electrons. The summed E-state index contributed by atoms with van der Waals surface area (Å²) in [6.45, 7) is 1.68. The molecule has 1 aliphatic heterocycles. The van der Waals surface area contributed by atoms with Crippen molar-refractivity contribution in [1.82, 2.24) is 4.90 Å². The van der Waals surface area contributed by atoms with Crippen molar-refractivity contribution in [2.45, 2.75) is 6.54 Å². The highest BCUT2D eigenvalue weighted by molar-refractivity contribution is 9.10. The summed E-state index contributed by atoms with van der Waals surface area (Å²) in [6.07, 6.45) is 0. The monoisotopic (exact) mass is 313 g/mol. The lowest BCUT2D eigenvalue weighted by Crippen LogP contribution is -2.41. The van der Waals surface area contributed by atoms with Crippen LogP contribution in [0.1, 0.15) is 15.9 Å². The molecule has 1 heterocycles. The van der Waals surface area contributed by atoms with Gasteiger partial charge in [0.2, 0.25) is 5.91 Å². The largest absolute Gasteiger partial charge is 0.478 e. The van der Waals surface area contributed by atoms with Gasteiger partial charge in [0, 0.05) is 17.6 Å². The summed E-state index contributed by atoms with van der Waals surface area (Å²) in [7, 11) is 0. The normalized spacial score (nSPS) is 15.8. The quantitative estimate of drug-likeness (QED) is 0.918. The van der Waals surface area contributed by atoms with E-state index >= 15 is 0 Å². The van der Waals surface area contributed by atoms with Crippen LogP contribution in [0, 0.1) is 0 Å². The van der Waals surface area contributed by atoms with Gasteiger partial charge < -0.3 is 14.7 Å². The van der Waals surface area contributed by atoms with E-state index in [1.165, 1.54) is 6.07 Å². The number of benzene rings is 1. The van der Waals surface area contributed by atoms with Crippen molar-refractivity contribution in [1.29, 1.82) is 0 Å². The fraction of sp³-hybridized carbons (Fsp3) is 0.333. The smallest absolute Gasteiger partial charge is 0.335 e. The van der Waals surface area contributed by atoms with Crippen molar-refractivity contribution in [2.75, 3.05) is 19.8 Å². The maximum Gasteiger partial charge on any atom is 0.335 e. The lowest BCUT2D eigenvalue weighted by atomic mass is 10.1. The molecule has 18 heavy (non-hydrogen) atoms. The number of hydrogen-bond donors (Lipinski definition) is 1. The van der Waals surface area contributed by atoms with Crippen molar-refractivity contribution in [3.05, 3.63) is 33.8 Å². The van der Waals surface area contributed by atoms with E-state index in [1.54, 1.807) is 17.0 Å². The Bertz CT molecular complexity index is 489. The maximum atomic E-state index is 11.6. The van der Waals surface area contributed by atoms with Gasteiger partial charge >= 0.3 is 5.97 Å². The van der Waals surface area contributed by atoms with Crippen LogP contribution < -0.4 is 0 Å². The summed E-state index contributed by atoms with van der Waals surface area (Å²) in [6, 6.07) is 4.80. The third-order valence-electron chi connectivity index (χ3n) is 2.75. The summed E-state index contributed by atoms with van der Waals surface area (Å²) in [5.41, 5.74) is 1.11. The third kappa shape index (κ3) is 2.88. The van der Waals surface area contributed by atoms with Crippen molar-refractivity contribution < 1.29 is 19.4 Å². The van der Waals surface area contributed by atoms with Crippen molar-refractivity contribution in [2.24, 2.45) is 0 Å². The molecule has 0 atom stereocenters. The number of aromatic carboxylic acids is 1. The van der Waals surface area contributed by atoms with Gasteiger partial charge in [0.05, 0.1) is 12.2 Å². The molecule has 0 unspecified atom stereocenters. The first-order valence-corrected chi connectivity index (χ1v) is 6.24. The van der Waals surface area contributed by atoms with Crippen LogP contribution in [-0.4, -0.2) is 41.6 Å². The summed E-state index contributed by atoms with van der Waals surface area (Å²) < 4.78 is 5.75. The van der Waals surface area contributed by atoms with Gasteiger partial charge in [-0.1, -0.05) is 22.0 Å². The second-order valence-corrected chi connectivity index (χ2v) is 4.83. The van der Waals surface area contributed by atoms with Gasteiger partial charge in [-0.3, -0.25) is 4.79 Å². The van der Waals surface area contributed by atoms with Crippen LogP contribution in [-0.2, 0) is 16.1 Å². The number of rotatable bonds is 3. The molecule has 1 fully saturated rings. The lowest BCUT2D eigenvalue weighted by Gasteiger charge is -2.27. The Balaban J connectivity index is 2.14. The number of carboxylic acids is 1. The minimum atomic E-state index is -0.968. The molecular formula is C12H12BrNO4. The number of ether oxygens (including phenoxy) is 1. The molecule has 1 saturated heterocycles. The molecule has 1 aromatic rings. The first-order valence-electron chi connectivity index (χ1n) is 5.45. The van der Waals surface area contributed by atoms with E-state index in [-0.39, 0.29) is 18.1 Å². The van der Waals surface area contributed by atoms with E-state index < -0.39 is 5.97 Å². The molecule has 0 spiro atoms. The van der Waals surface area contributed by atoms with Crippen LogP contribution in [0.4, 0.5) is 0 Å². The fourth-order valence-corrected chi connectivity index (χ4v) is 2.24. The zero-order chi connectivity index (χ0) is 13.1. The minimum Gasteiger partial charge on any atom is -0.478 e. The Morgan fingerprint density at radius 1 is 1.50 bits per heavy atom. The fourth-order valence-electron chi connectivity index (χ4n) is 1.73. The molecule has 2 rings (SSSR count). The zero-order valence-electron chi connectivity index (χ0n) is 9.56. The minimum absolute atomic E-state index is 0.0459. The highest BCUT2D eigenvalue weighted by Gasteiger charge is 2.19. The van der Waals surface area contributed by atoms with Crippen LogP contribution in [0.2, 0.25) is 0 Å². The number of amides is 1. The van der Waals surface area contributed by atoms with E-state index in [9.17, 15) is 9.59 Å². The Hall–Kier alpha value is -1.40. The van der Waals surface area contributed by atoms with E-state index in [0.717, 1.165) is 5.56 Å². The highest BCUT2D eigenvalue weighted by Crippen LogP contribution is 2.21. The number of carbonyl (C=O) groups excluding carboxylic acids is 1. The zero-order valence-corrected chi connectivity index (χ0v) is 11.1. The van der Waals surface area contributed by atoms with Crippen LogP contribution >= 0.6 is 15.9 Å². The van der Waals surface area contributed by atoms with Gasteiger partial charge in [-0.2, -0.15) is 0 Å². The van der Waals surface area contributed by atoms with Gasteiger partial charge in [-0.05, 0) is 17.7 Å². The molecule has 0 saturated carbocycles. The number of carboxylic acid groups (broad SMARTS) is 1. The van der Waals surface area contributed by atoms with Crippen molar-refractivity contribution in [3.8, 4) is 0 Å².